The van der Waals surface area contributed by atoms with Crippen molar-refractivity contribution in [1.29, 1.82) is 0 Å². The van der Waals surface area contributed by atoms with Crippen molar-refractivity contribution in [2.45, 2.75) is 26.5 Å². The van der Waals surface area contributed by atoms with Gasteiger partial charge in [0.25, 0.3) is 0 Å². The van der Waals surface area contributed by atoms with Crippen LogP contribution in [-0.2, 0) is 6.54 Å². The lowest BCUT2D eigenvalue weighted by Gasteiger charge is -2.13. The smallest absolute Gasteiger partial charge is 0.124 e. The van der Waals surface area contributed by atoms with Crippen LogP contribution < -0.4 is 10.5 Å². The molecule has 0 spiro atoms. The second-order valence-corrected chi connectivity index (χ2v) is 4.37. The molecule has 0 aliphatic carbocycles. The van der Waals surface area contributed by atoms with Gasteiger partial charge in [-0.15, -0.1) is 0 Å². The Kier molecular flexibility index (Phi) is 3.99. The summed E-state index contributed by atoms with van der Waals surface area (Å²) in [5.74, 6) is 0.901. The van der Waals surface area contributed by atoms with Crippen LogP contribution in [0.2, 0.25) is 0 Å². The van der Waals surface area contributed by atoms with E-state index < -0.39 is 0 Å². The summed E-state index contributed by atoms with van der Waals surface area (Å²) in [6.07, 6.45) is 0.199. The number of rotatable bonds is 3. The Morgan fingerprint density at radius 1 is 1.46 bits per heavy atom. The summed E-state index contributed by atoms with van der Waals surface area (Å²) in [5, 5.41) is 0. The lowest BCUT2D eigenvalue weighted by Crippen LogP contribution is -2.09. The molecule has 1 rings (SSSR count). The Balaban J connectivity index is 2.92. The fourth-order valence-electron chi connectivity index (χ4n) is 1.08. The fourth-order valence-corrected chi connectivity index (χ4v) is 1.63. The summed E-state index contributed by atoms with van der Waals surface area (Å²) in [6.45, 7) is 4.55. The molecular weight excluding hydrogens is 277 g/mol. The molecule has 0 aliphatic rings. The lowest BCUT2D eigenvalue weighted by molar-refractivity contribution is 0.240. The summed E-state index contributed by atoms with van der Waals surface area (Å²) < 4.78 is 6.80. The number of ether oxygens (including phenoxy) is 1. The van der Waals surface area contributed by atoms with Gasteiger partial charge in [0.1, 0.15) is 5.75 Å². The van der Waals surface area contributed by atoms with Gasteiger partial charge < -0.3 is 10.5 Å². The second-order valence-electron chi connectivity index (χ2n) is 3.12. The van der Waals surface area contributed by atoms with Gasteiger partial charge in [0.2, 0.25) is 0 Å². The van der Waals surface area contributed by atoms with Crippen molar-refractivity contribution in [3.8, 4) is 5.75 Å². The fraction of sp³-hybridized carbons (Fsp3) is 0.400. The third-order valence-corrected chi connectivity index (χ3v) is 2.28. The molecule has 0 atom stereocenters. The highest BCUT2D eigenvalue weighted by Gasteiger charge is 2.04. The summed E-state index contributed by atoms with van der Waals surface area (Å²) in [4.78, 5) is 0. The Bertz CT molecular complexity index is 286. The molecule has 2 nitrogen and oxygen atoms in total. The Morgan fingerprint density at radius 2 is 2.15 bits per heavy atom. The molecule has 0 aromatic heterocycles. The van der Waals surface area contributed by atoms with E-state index >= 15 is 0 Å². The van der Waals surface area contributed by atoms with Crippen molar-refractivity contribution < 1.29 is 4.74 Å². The number of benzene rings is 1. The van der Waals surface area contributed by atoms with Crippen LogP contribution >= 0.6 is 22.6 Å². The maximum atomic E-state index is 5.61. The van der Waals surface area contributed by atoms with Crippen molar-refractivity contribution >= 4 is 22.6 Å². The molecule has 0 aliphatic heterocycles. The van der Waals surface area contributed by atoms with E-state index in [0.29, 0.717) is 6.54 Å². The normalized spacial score (nSPS) is 10.5. The molecule has 1 aromatic carbocycles. The van der Waals surface area contributed by atoms with E-state index in [4.69, 9.17) is 10.5 Å². The minimum absolute atomic E-state index is 0.199. The molecule has 1 aromatic rings. The highest BCUT2D eigenvalue weighted by atomic mass is 127. The molecule has 13 heavy (non-hydrogen) atoms. The van der Waals surface area contributed by atoms with Gasteiger partial charge in [0, 0.05) is 15.7 Å². The first kappa shape index (κ1) is 10.8. The first-order chi connectivity index (χ1) is 6.13. The van der Waals surface area contributed by atoms with E-state index in [1.807, 2.05) is 26.0 Å². The van der Waals surface area contributed by atoms with Crippen molar-refractivity contribution in [3.63, 3.8) is 0 Å². The van der Waals surface area contributed by atoms with Gasteiger partial charge in [-0.3, -0.25) is 0 Å². The van der Waals surface area contributed by atoms with Crippen LogP contribution in [0.1, 0.15) is 19.4 Å². The van der Waals surface area contributed by atoms with Crippen LogP contribution in [0.15, 0.2) is 18.2 Å². The standard InChI is InChI=1S/C10H14INO/c1-7(2)13-10-4-3-9(11)5-8(10)6-12/h3-5,7H,6,12H2,1-2H3. The van der Waals surface area contributed by atoms with Crippen molar-refractivity contribution in [1.82, 2.24) is 0 Å². The van der Waals surface area contributed by atoms with E-state index in [0.717, 1.165) is 11.3 Å². The van der Waals surface area contributed by atoms with Gasteiger partial charge in [-0.25, -0.2) is 0 Å². The zero-order valence-corrected chi connectivity index (χ0v) is 10.0. The summed E-state index contributed by atoms with van der Waals surface area (Å²) in [7, 11) is 0. The average molecular weight is 291 g/mol. The molecule has 3 heteroatoms. The van der Waals surface area contributed by atoms with Gasteiger partial charge >= 0.3 is 0 Å². The molecule has 0 heterocycles. The Morgan fingerprint density at radius 3 is 2.69 bits per heavy atom. The number of halogens is 1. The largest absolute Gasteiger partial charge is 0.491 e. The van der Waals surface area contributed by atoms with Crippen LogP contribution in [0.3, 0.4) is 0 Å². The minimum atomic E-state index is 0.199. The molecule has 72 valence electrons. The molecular formula is C10H14INO. The van der Waals surface area contributed by atoms with E-state index in [2.05, 4.69) is 28.7 Å². The molecule has 0 fully saturated rings. The van der Waals surface area contributed by atoms with Crippen molar-refractivity contribution in [3.05, 3.63) is 27.3 Å². The molecule has 0 saturated heterocycles. The highest BCUT2D eigenvalue weighted by Crippen LogP contribution is 2.21. The third kappa shape index (κ3) is 3.15. The van der Waals surface area contributed by atoms with E-state index in [9.17, 15) is 0 Å². The topological polar surface area (TPSA) is 35.2 Å². The molecule has 2 N–H and O–H groups in total. The van der Waals surface area contributed by atoms with Gasteiger partial charge in [0.15, 0.2) is 0 Å². The van der Waals surface area contributed by atoms with Gasteiger partial charge in [-0.2, -0.15) is 0 Å². The minimum Gasteiger partial charge on any atom is -0.491 e. The molecule has 0 unspecified atom stereocenters. The molecule has 0 saturated carbocycles. The van der Waals surface area contributed by atoms with Crippen LogP contribution in [0.25, 0.3) is 0 Å². The van der Waals surface area contributed by atoms with Gasteiger partial charge in [0.05, 0.1) is 6.10 Å². The summed E-state index contributed by atoms with van der Waals surface area (Å²) >= 11 is 2.27. The SMILES string of the molecule is CC(C)Oc1ccc(I)cc1CN. The number of nitrogens with two attached hydrogens (primary N) is 1. The quantitative estimate of drug-likeness (QED) is 0.869. The zero-order chi connectivity index (χ0) is 9.84. The maximum Gasteiger partial charge on any atom is 0.124 e. The second kappa shape index (κ2) is 4.81. The van der Waals surface area contributed by atoms with E-state index in [1.54, 1.807) is 0 Å². The van der Waals surface area contributed by atoms with Crippen molar-refractivity contribution in [2.24, 2.45) is 5.73 Å². The van der Waals surface area contributed by atoms with Crippen LogP contribution in [0.5, 0.6) is 5.75 Å². The van der Waals surface area contributed by atoms with E-state index in [1.165, 1.54) is 3.57 Å². The lowest BCUT2D eigenvalue weighted by atomic mass is 10.2. The predicted octanol–water partition coefficient (Wildman–Crippen LogP) is 2.54. The predicted molar refractivity (Wildman–Crippen MR) is 62.8 cm³/mol. The van der Waals surface area contributed by atoms with Gasteiger partial charge in [-0.05, 0) is 54.6 Å². The van der Waals surface area contributed by atoms with Gasteiger partial charge in [-0.1, -0.05) is 0 Å². The number of hydrogen-bond donors (Lipinski definition) is 1. The Labute approximate surface area is 92.6 Å². The van der Waals surface area contributed by atoms with Crippen molar-refractivity contribution in [2.75, 3.05) is 0 Å². The Hall–Kier alpha value is -0.290. The molecule has 0 radical (unpaired) electrons. The molecule has 0 amide bonds. The van der Waals surface area contributed by atoms with Crippen LogP contribution in [0, 0.1) is 3.57 Å². The summed E-state index contributed by atoms with van der Waals surface area (Å²) in [6, 6.07) is 6.06. The first-order valence-electron chi connectivity index (χ1n) is 4.28. The third-order valence-electron chi connectivity index (χ3n) is 1.61. The van der Waals surface area contributed by atoms with Crippen LogP contribution in [0.4, 0.5) is 0 Å². The zero-order valence-electron chi connectivity index (χ0n) is 7.88. The maximum absolute atomic E-state index is 5.61. The highest BCUT2D eigenvalue weighted by molar-refractivity contribution is 14.1. The van der Waals surface area contributed by atoms with Crippen LogP contribution in [-0.4, -0.2) is 6.10 Å². The number of hydrogen-bond acceptors (Lipinski definition) is 2. The monoisotopic (exact) mass is 291 g/mol. The summed E-state index contributed by atoms with van der Waals surface area (Å²) in [5.41, 5.74) is 6.68. The van der Waals surface area contributed by atoms with E-state index in [-0.39, 0.29) is 6.10 Å². The first-order valence-corrected chi connectivity index (χ1v) is 5.36. The average Bonchev–Trinajstić information content (AvgIpc) is 2.07. The molecule has 0 bridgehead atoms.